The van der Waals surface area contributed by atoms with Crippen molar-refractivity contribution in [1.82, 2.24) is 9.55 Å². The molecule has 1 aromatic heterocycles. The lowest BCUT2D eigenvalue weighted by Crippen LogP contribution is -2.36. The Labute approximate surface area is 168 Å². The zero-order valence-electron chi connectivity index (χ0n) is 15.1. The molecule has 168 valence electrons. The molecule has 0 saturated carbocycles. The molecule has 5 atom stereocenters. The number of nitrogens with one attached hydrogen (secondary N) is 1. The lowest BCUT2D eigenvalue weighted by atomic mass is 9.86. The Balaban J connectivity index is 2.11. The molecular weight excluding hydrogens is 473 g/mol. The third-order valence-electron chi connectivity index (χ3n) is 3.79. The van der Waals surface area contributed by atoms with E-state index in [-0.39, 0.29) is 6.42 Å². The number of hydrogen-bond donors (Lipinski definition) is 5. The Morgan fingerprint density at radius 3 is 2.43 bits per heavy atom. The van der Waals surface area contributed by atoms with Crippen LogP contribution in [0.2, 0.25) is 0 Å². The van der Waals surface area contributed by atoms with Crippen molar-refractivity contribution < 1.29 is 51.2 Å². The summed E-state index contributed by atoms with van der Waals surface area (Å²) in [5.41, 5.74) is -2.59. The minimum absolute atomic E-state index is 0.00446. The fourth-order valence-electron chi connectivity index (χ4n) is 2.65. The van der Waals surface area contributed by atoms with Crippen LogP contribution in [-0.2, 0) is 31.6 Å². The number of rotatable bonds is 8. The van der Waals surface area contributed by atoms with Gasteiger partial charge in [0.15, 0.2) is 6.23 Å². The van der Waals surface area contributed by atoms with Gasteiger partial charge in [-0.15, -0.1) is 6.42 Å². The topological polar surface area (TPSA) is 224 Å². The van der Waals surface area contributed by atoms with E-state index in [1.165, 1.54) is 0 Å². The van der Waals surface area contributed by atoms with Crippen LogP contribution in [0.5, 0.6) is 0 Å². The maximum atomic E-state index is 12.0. The van der Waals surface area contributed by atoms with Crippen LogP contribution in [0.3, 0.4) is 0 Å². The molecule has 0 radical (unpaired) electrons. The maximum absolute atomic E-state index is 12.0. The predicted molar refractivity (Wildman–Crippen MR) is 96.6 cm³/mol. The SMILES string of the molecule is C#CC1(C)CC(COP(=O)(O)OP(=O)(O)OP(=O)(O)O)OC1n1ccc(=O)[nH]c1=O. The smallest absolute Gasteiger partial charge is 0.351 e. The Morgan fingerprint density at radius 1 is 1.27 bits per heavy atom. The largest absolute Gasteiger partial charge is 0.490 e. The van der Waals surface area contributed by atoms with Crippen LogP contribution in [0.1, 0.15) is 19.6 Å². The standard InChI is InChI=1S/C12H17N2O13P3/c1-3-12(2)6-8(25-10(12)14-5-4-9(15)13-11(14)16)7-24-29(20,21)27-30(22,23)26-28(17,18)19/h1,4-5,8,10H,6-7H2,2H3,(H,20,21)(H,22,23)(H,13,15,16)(H2,17,18,19). The van der Waals surface area contributed by atoms with Gasteiger partial charge in [-0.05, 0) is 13.3 Å². The van der Waals surface area contributed by atoms with E-state index in [9.17, 15) is 28.2 Å². The van der Waals surface area contributed by atoms with E-state index >= 15 is 0 Å². The maximum Gasteiger partial charge on any atom is 0.490 e. The molecule has 1 aromatic rings. The van der Waals surface area contributed by atoms with Crippen molar-refractivity contribution in [3.8, 4) is 12.3 Å². The van der Waals surface area contributed by atoms with Gasteiger partial charge in [-0.3, -0.25) is 18.9 Å². The Hall–Kier alpha value is -1.39. The number of ether oxygens (including phenoxy) is 1. The highest BCUT2D eigenvalue weighted by atomic mass is 31.3. The molecule has 1 fully saturated rings. The number of aromatic amines is 1. The molecule has 0 aromatic carbocycles. The highest BCUT2D eigenvalue weighted by molar-refractivity contribution is 7.66. The van der Waals surface area contributed by atoms with E-state index in [2.05, 4.69) is 19.1 Å². The molecule has 0 spiro atoms. The molecule has 5 unspecified atom stereocenters. The molecule has 30 heavy (non-hydrogen) atoms. The Kier molecular flexibility index (Phi) is 7.15. The van der Waals surface area contributed by atoms with Gasteiger partial charge in [0, 0.05) is 12.3 Å². The first-order valence-corrected chi connectivity index (χ1v) is 12.3. The molecule has 1 aliphatic rings. The summed E-state index contributed by atoms with van der Waals surface area (Å²) in [5.74, 6) is 2.44. The van der Waals surface area contributed by atoms with Crippen molar-refractivity contribution in [3.63, 3.8) is 0 Å². The second-order valence-electron chi connectivity index (χ2n) is 6.28. The third kappa shape index (κ3) is 6.55. The van der Waals surface area contributed by atoms with Crippen molar-refractivity contribution in [2.24, 2.45) is 5.41 Å². The average Bonchev–Trinajstić information content (AvgIpc) is 2.87. The molecule has 5 N–H and O–H groups in total. The van der Waals surface area contributed by atoms with Gasteiger partial charge < -0.3 is 24.3 Å². The molecule has 1 saturated heterocycles. The summed E-state index contributed by atoms with van der Waals surface area (Å²) in [4.78, 5) is 60.9. The van der Waals surface area contributed by atoms with Crippen LogP contribution >= 0.6 is 23.5 Å². The van der Waals surface area contributed by atoms with Crippen LogP contribution in [0.4, 0.5) is 0 Å². The summed E-state index contributed by atoms with van der Waals surface area (Å²) in [5, 5.41) is 0. The van der Waals surface area contributed by atoms with Crippen molar-refractivity contribution in [2.75, 3.05) is 6.61 Å². The molecule has 2 rings (SSSR count). The van der Waals surface area contributed by atoms with Gasteiger partial charge in [-0.25, -0.2) is 18.5 Å². The molecule has 1 aliphatic heterocycles. The van der Waals surface area contributed by atoms with E-state index in [4.69, 9.17) is 25.8 Å². The summed E-state index contributed by atoms with van der Waals surface area (Å²) >= 11 is 0. The number of nitrogens with zero attached hydrogens (tertiary/aromatic N) is 1. The lowest BCUT2D eigenvalue weighted by Gasteiger charge is -2.25. The van der Waals surface area contributed by atoms with Crippen molar-refractivity contribution in [2.45, 2.75) is 25.7 Å². The van der Waals surface area contributed by atoms with Crippen LogP contribution in [-0.4, -0.2) is 41.8 Å². The van der Waals surface area contributed by atoms with Crippen LogP contribution in [0.15, 0.2) is 21.9 Å². The quantitative estimate of drug-likeness (QED) is 0.236. The van der Waals surface area contributed by atoms with Gasteiger partial charge in [-0.2, -0.15) is 8.62 Å². The minimum atomic E-state index is -5.65. The van der Waals surface area contributed by atoms with Crippen LogP contribution < -0.4 is 11.2 Å². The average molecular weight is 490 g/mol. The highest BCUT2D eigenvalue weighted by Gasteiger charge is 2.47. The van der Waals surface area contributed by atoms with Gasteiger partial charge in [0.25, 0.3) is 5.56 Å². The summed E-state index contributed by atoms with van der Waals surface area (Å²) in [7, 11) is -16.5. The van der Waals surface area contributed by atoms with E-state index in [0.717, 1.165) is 16.8 Å². The number of hydrogen-bond acceptors (Lipinski definition) is 9. The van der Waals surface area contributed by atoms with Gasteiger partial charge in [-0.1, -0.05) is 5.92 Å². The predicted octanol–water partition coefficient (Wildman–Crippen LogP) is -0.193. The van der Waals surface area contributed by atoms with Crippen molar-refractivity contribution >= 4 is 23.5 Å². The Morgan fingerprint density at radius 2 is 1.90 bits per heavy atom. The number of phosphoric acid groups is 3. The molecule has 0 aliphatic carbocycles. The summed E-state index contributed by atoms with van der Waals surface area (Å²) in [6.45, 7) is 0.815. The fourth-order valence-corrected chi connectivity index (χ4v) is 5.70. The molecule has 0 amide bonds. The van der Waals surface area contributed by atoms with Crippen molar-refractivity contribution in [1.29, 1.82) is 0 Å². The van der Waals surface area contributed by atoms with E-state index in [0.29, 0.717) is 0 Å². The normalized spacial score (nSPS) is 28.4. The first-order chi connectivity index (χ1) is 13.6. The van der Waals surface area contributed by atoms with Crippen molar-refractivity contribution in [3.05, 3.63) is 33.1 Å². The van der Waals surface area contributed by atoms with Crippen LogP contribution in [0, 0.1) is 17.8 Å². The van der Waals surface area contributed by atoms with Crippen LogP contribution in [0.25, 0.3) is 0 Å². The monoisotopic (exact) mass is 490 g/mol. The number of terminal acetylenes is 1. The molecule has 18 heteroatoms. The lowest BCUT2D eigenvalue weighted by molar-refractivity contribution is -0.0420. The minimum Gasteiger partial charge on any atom is -0.351 e. The first-order valence-electron chi connectivity index (χ1n) is 7.79. The van der Waals surface area contributed by atoms with Gasteiger partial charge >= 0.3 is 29.2 Å². The van der Waals surface area contributed by atoms with E-state index in [1.807, 2.05) is 4.98 Å². The second kappa shape index (κ2) is 8.63. The Bertz CT molecular complexity index is 1100. The zero-order chi connectivity index (χ0) is 23.0. The van der Waals surface area contributed by atoms with E-state index < -0.39 is 59.1 Å². The number of phosphoric ester groups is 1. The third-order valence-corrected chi connectivity index (χ3v) is 7.59. The first kappa shape index (κ1) is 24.9. The summed E-state index contributed by atoms with van der Waals surface area (Å²) < 4.78 is 52.0. The summed E-state index contributed by atoms with van der Waals surface area (Å²) in [6, 6.07) is 1.06. The van der Waals surface area contributed by atoms with Gasteiger partial charge in [0.05, 0.1) is 18.1 Å². The van der Waals surface area contributed by atoms with E-state index in [1.54, 1.807) is 6.92 Å². The molecular formula is C12H17N2O13P3. The fraction of sp³-hybridized carbons (Fsp3) is 0.500. The molecule has 0 bridgehead atoms. The van der Waals surface area contributed by atoms with Gasteiger partial charge in [0.2, 0.25) is 0 Å². The highest BCUT2D eigenvalue weighted by Crippen LogP contribution is 2.66. The number of aromatic nitrogens is 2. The summed E-state index contributed by atoms with van der Waals surface area (Å²) in [6.07, 6.45) is 4.55. The zero-order valence-corrected chi connectivity index (χ0v) is 17.7. The molecule has 2 heterocycles. The van der Waals surface area contributed by atoms with Gasteiger partial charge in [0.1, 0.15) is 0 Å². The number of H-pyrrole nitrogens is 1. The molecule has 15 nitrogen and oxygen atoms in total. The second-order valence-corrected chi connectivity index (χ2v) is 10.7.